The van der Waals surface area contributed by atoms with E-state index < -0.39 is 0 Å². The van der Waals surface area contributed by atoms with Gasteiger partial charge in [-0.15, -0.1) is 0 Å². The number of rotatable bonds is 4. The molecule has 2 saturated carbocycles. The molecule has 0 unspecified atom stereocenters. The third-order valence-corrected chi connectivity index (χ3v) is 5.94. The third-order valence-electron chi connectivity index (χ3n) is 5.94. The molecule has 2 heterocycles. The molecule has 1 aromatic heterocycles. The highest BCUT2D eigenvalue weighted by atomic mass is 16.5. The lowest BCUT2D eigenvalue weighted by Crippen LogP contribution is -2.44. The molecule has 0 radical (unpaired) electrons. The zero-order valence-corrected chi connectivity index (χ0v) is 13.7. The average molecular weight is 303 g/mol. The zero-order valence-electron chi connectivity index (χ0n) is 13.7. The first-order chi connectivity index (χ1) is 10.8. The first-order valence-electron chi connectivity index (χ1n) is 9.13. The lowest BCUT2D eigenvalue weighted by atomic mass is 9.82. The van der Waals surface area contributed by atoms with E-state index in [1.807, 2.05) is 12.5 Å². The number of nitrogens with zero attached hydrogens (tertiary/aromatic N) is 2. The molecule has 4 nitrogen and oxygen atoms in total. The van der Waals surface area contributed by atoms with E-state index in [1.54, 1.807) is 0 Å². The maximum atomic E-state index is 5.99. The summed E-state index contributed by atoms with van der Waals surface area (Å²) in [6.07, 6.45) is 15.0. The van der Waals surface area contributed by atoms with E-state index in [0.717, 1.165) is 37.3 Å². The normalized spacial score (nSPS) is 36.4. The molecule has 1 N–H and O–H groups in total. The summed E-state index contributed by atoms with van der Waals surface area (Å²) < 4.78 is 8.09. The quantitative estimate of drug-likeness (QED) is 0.928. The minimum atomic E-state index is 0.210. The summed E-state index contributed by atoms with van der Waals surface area (Å²) in [5.41, 5.74) is 1.21. The van der Waals surface area contributed by atoms with Gasteiger partial charge in [0, 0.05) is 25.7 Å². The number of hydrogen-bond acceptors (Lipinski definition) is 3. The Hall–Kier alpha value is -0.870. The van der Waals surface area contributed by atoms with Crippen LogP contribution in [0.5, 0.6) is 0 Å². The zero-order chi connectivity index (χ0) is 14.9. The summed E-state index contributed by atoms with van der Waals surface area (Å²) in [5, 5.41) is 3.97. The van der Waals surface area contributed by atoms with Crippen LogP contribution in [0.3, 0.4) is 0 Å². The fourth-order valence-electron chi connectivity index (χ4n) is 4.54. The second-order valence-electron chi connectivity index (χ2n) is 7.64. The molecule has 3 aliphatic rings. The van der Waals surface area contributed by atoms with Crippen molar-refractivity contribution in [3.63, 3.8) is 0 Å². The lowest BCUT2D eigenvalue weighted by Gasteiger charge is -2.36. The van der Waals surface area contributed by atoms with Crippen molar-refractivity contribution in [2.24, 2.45) is 18.9 Å². The van der Waals surface area contributed by atoms with Crippen LogP contribution in [0.1, 0.15) is 63.2 Å². The van der Waals surface area contributed by atoms with E-state index in [9.17, 15) is 0 Å². The number of hydrogen-bond donors (Lipinski definition) is 1. The molecule has 22 heavy (non-hydrogen) atoms. The van der Waals surface area contributed by atoms with E-state index in [0.29, 0.717) is 6.04 Å². The molecule has 122 valence electrons. The predicted octanol–water partition coefficient (Wildman–Crippen LogP) is 3.20. The Bertz CT molecular complexity index is 496. The van der Waals surface area contributed by atoms with Crippen LogP contribution in [0.2, 0.25) is 0 Å². The Labute approximate surface area is 133 Å². The standard InChI is InChI=1S/C18H29N3O/c1-21-12-19-11-17(21)18-10-16(7-8-22-18)20-15-4-2-3-14(9-15)13-5-6-13/h11-16,18,20H,2-10H2,1H3/t14-,15-,16+,18-/m0/s1. The van der Waals surface area contributed by atoms with E-state index in [-0.39, 0.29) is 6.10 Å². The van der Waals surface area contributed by atoms with Crippen molar-refractivity contribution < 1.29 is 4.74 Å². The number of aromatic nitrogens is 2. The van der Waals surface area contributed by atoms with Gasteiger partial charge < -0.3 is 14.6 Å². The van der Waals surface area contributed by atoms with Crippen molar-refractivity contribution in [3.8, 4) is 0 Å². The van der Waals surface area contributed by atoms with Gasteiger partial charge in [0.25, 0.3) is 0 Å². The molecular formula is C18H29N3O. The summed E-state index contributed by atoms with van der Waals surface area (Å²) in [6.45, 7) is 0.867. The largest absolute Gasteiger partial charge is 0.372 e. The van der Waals surface area contributed by atoms with Crippen molar-refractivity contribution >= 4 is 0 Å². The van der Waals surface area contributed by atoms with Gasteiger partial charge in [-0.25, -0.2) is 4.98 Å². The predicted molar refractivity (Wildman–Crippen MR) is 86.5 cm³/mol. The number of aryl methyl sites for hydroxylation is 1. The Morgan fingerprint density at radius 3 is 2.73 bits per heavy atom. The number of nitrogens with one attached hydrogen (secondary N) is 1. The van der Waals surface area contributed by atoms with E-state index in [1.165, 1.54) is 44.2 Å². The van der Waals surface area contributed by atoms with Gasteiger partial charge in [-0.3, -0.25) is 0 Å². The first-order valence-corrected chi connectivity index (χ1v) is 9.13. The van der Waals surface area contributed by atoms with Gasteiger partial charge in [0.05, 0.1) is 18.2 Å². The van der Waals surface area contributed by atoms with Crippen molar-refractivity contribution in [1.29, 1.82) is 0 Å². The molecule has 1 saturated heterocycles. The summed E-state index contributed by atoms with van der Waals surface area (Å²) in [6, 6.07) is 1.35. The number of imidazole rings is 1. The topological polar surface area (TPSA) is 39.1 Å². The van der Waals surface area contributed by atoms with Crippen LogP contribution in [0, 0.1) is 11.8 Å². The highest BCUT2D eigenvalue weighted by Crippen LogP contribution is 2.44. The monoisotopic (exact) mass is 303 g/mol. The molecule has 0 aromatic carbocycles. The van der Waals surface area contributed by atoms with Crippen molar-refractivity contribution in [2.75, 3.05) is 6.61 Å². The van der Waals surface area contributed by atoms with Crippen LogP contribution in [-0.2, 0) is 11.8 Å². The molecule has 0 amide bonds. The molecule has 4 rings (SSSR count). The maximum absolute atomic E-state index is 5.99. The Morgan fingerprint density at radius 1 is 1.09 bits per heavy atom. The highest BCUT2D eigenvalue weighted by molar-refractivity contribution is 5.04. The summed E-state index contributed by atoms with van der Waals surface area (Å²) in [5.74, 6) is 2.08. The molecular weight excluding hydrogens is 274 g/mol. The highest BCUT2D eigenvalue weighted by Gasteiger charge is 2.35. The van der Waals surface area contributed by atoms with Crippen LogP contribution in [0.4, 0.5) is 0 Å². The van der Waals surface area contributed by atoms with Gasteiger partial charge in [0.1, 0.15) is 6.10 Å². The maximum Gasteiger partial charge on any atom is 0.100 e. The van der Waals surface area contributed by atoms with E-state index in [2.05, 4.69) is 21.9 Å². The second kappa shape index (κ2) is 6.32. The molecule has 4 atom stereocenters. The van der Waals surface area contributed by atoms with Gasteiger partial charge in [-0.2, -0.15) is 0 Å². The minimum absolute atomic E-state index is 0.210. The van der Waals surface area contributed by atoms with Crippen LogP contribution in [-0.4, -0.2) is 28.2 Å². The van der Waals surface area contributed by atoms with Crippen LogP contribution in [0.25, 0.3) is 0 Å². The van der Waals surface area contributed by atoms with Crippen molar-refractivity contribution in [2.45, 2.75) is 69.6 Å². The SMILES string of the molecule is Cn1cncc1[C@@H]1C[C@H](N[C@H]2CCC[C@H](C3CC3)C2)CCO1. The molecule has 3 fully saturated rings. The fraction of sp³-hybridized carbons (Fsp3) is 0.833. The van der Waals surface area contributed by atoms with Crippen LogP contribution >= 0.6 is 0 Å². The molecule has 1 aromatic rings. The molecule has 4 heteroatoms. The summed E-state index contributed by atoms with van der Waals surface area (Å²) >= 11 is 0. The third kappa shape index (κ3) is 3.23. The van der Waals surface area contributed by atoms with E-state index in [4.69, 9.17) is 4.74 Å². The van der Waals surface area contributed by atoms with Crippen LogP contribution < -0.4 is 5.32 Å². The van der Waals surface area contributed by atoms with Gasteiger partial charge >= 0.3 is 0 Å². The minimum Gasteiger partial charge on any atom is -0.372 e. The van der Waals surface area contributed by atoms with Gasteiger partial charge in [0.2, 0.25) is 0 Å². The van der Waals surface area contributed by atoms with Gasteiger partial charge in [0.15, 0.2) is 0 Å². The smallest absolute Gasteiger partial charge is 0.100 e. The molecule has 1 aliphatic heterocycles. The lowest BCUT2D eigenvalue weighted by molar-refractivity contribution is -0.00707. The fourth-order valence-corrected chi connectivity index (χ4v) is 4.54. The van der Waals surface area contributed by atoms with E-state index >= 15 is 0 Å². The summed E-state index contributed by atoms with van der Waals surface area (Å²) in [7, 11) is 2.06. The Kier molecular flexibility index (Phi) is 4.23. The van der Waals surface area contributed by atoms with Crippen LogP contribution in [0.15, 0.2) is 12.5 Å². The van der Waals surface area contributed by atoms with Crippen molar-refractivity contribution in [3.05, 3.63) is 18.2 Å². The molecule has 0 spiro atoms. The molecule has 2 aliphatic carbocycles. The summed E-state index contributed by atoms with van der Waals surface area (Å²) in [4.78, 5) is 4.24. The second-order valence-corrected chi connectivity index (χ2v) is 7.64. The van der Waals surface area contributed by atoms with Gasteiger partial charge in [-0.1, -0.05) is 12.8 Å². The Morgan fingerprint density at radius 2 is 1.95 bits per heavy atom. The van der Waals surface area contributed by atoms with Crippen molar-refractivity contribution in [1.82, 2.24) is 14.9 Å². The Balaban J connectivity index is 1.33. The molecule has 0 bridgehead atoms. The first kappa shape index (κ1) is 14.7. The van der Waals surface area contributed by atoms with Gasteiger partial charge in [-0.05, 0) is 50.4 Å². The number of ether oxygens (including phenoxy) is 1. The average Bonchev–Trinajstić information content (AvgIpc) is 3.30.